The topological polar surface area (TPSA) is 50.2 Å². The van der Waals surface area contributed by atoms with Crippen LogP contribution < -0.4 is 5.43 Å². The molecule has 3 aromatic rings. The van der Waals surface area contributed by atoms with Gasteiger partial charge in [0.15, 0.2) is 5.82 Å². The molecular weight excluding hydrogens is 374 g/mol. The fourth-order valence-corrected chi connectivity index (χ4v) is 2.53. The summed E-state index contributed by atoms with van der Waals surface area (Å²) in [6.07, 6.45) is 1.54. The van der Waals surface area contributed by atoms with E-state index in [-0.39, 0.29) is 11.5 Å². The summed E-state index contributed by atoms with van der Waals surface area (Å²) in [5.41, 5.74) is 3.78. The molecule has 4 nitrogen and oxygen atoms in total. The number of aromatic nitrogens is 2. The third-order valence-corrected chi connectivity index (χ3v) is 3.75. The lowest BCUT2D eigenvalue weighted by molar-refractivity contribution is 0.628. The molecule has 0 saturated heterocycles. The molecule has 0 radical (unpaired) electrons. The molecule has 1 N–H and O–H groups in total. The Kier molecular flexibility index (Phi) is 4.85. The van der Waals surface area contributed by atoms with Gasteiger partial charge in [-0.25, -0.2) is 4.39 Å². The lowest BCUT2D eigenvalue weighted by atomic mass is 10.1. The fraction of sp³-hybridized carbons (Fsp3) is 0.0625. The van der Waals surface area contributed by atoms with E-state index in [0.717, 1.165) is 5.56 Å². The van der Waals surface area contributed by atoms with Gasteiger partial charge in [-0.05, 0) is 17.7 Å². The maximum atomic E-state index is 12.9. The van der Waals surface area contributed by atoms with E-state index in [9.17, 15) is 4.39 Å². The number of nitrogens with one attached hydrogen (secondary N) is 1. The zero-order valence-corrected chi connectivity index (χ0v) is 14.3. The number of halogens is 4. The Hall–Kier alpha value is -1.95. The summed E-state index contributed by atoms with van der Waals surface area (Å²) < 4.78 is 11.2. The number of hydrogen-bond donors (Lipinski definition) is 1. The zero-order valence-electron chi connectivity index (χ0n) is 12.0. The van der Waals surface area contributed by atoms with Crippen LogP contribution in [0.1, 0.15) is 11.3 Å². The Morgan fingerprint density at radius 2 is 1.62 bits per heavy atom. The lowest BCUT2D eigenvalue weighted by Gasteiger charge is -2.13. The van der Waals surface area contributed by atoms with Crippen molar-refractivity contribution in [2.24, 2.45) is 5.10 Å². The molecular formula is C16H10Cl3FN4. The molecule has 0 aliphatic carbocycles. The van der Waals surface area contributed by atoms with Gasteiger partial charge in [0.25, 0.3) is 0 Å². The Morgan fingerprint density at radius 1 is 0.958 bits per heavy atom. The van der Waals surface area contributed by atoms with Gasteiger partial charge in [0.05, 0.1) is 6.21 Å². The SMILES string of the molecule is Fc1ccc(/C=N/Nc2nnc(C(Cl)(Cl)Cl)c3ccccc23)cc1. The molecule has 0 unspecified atom stereocenters. The van der Waals surface area contributed by atoms with E-state index in [2.05, 4.69) is 20.7 Å². The van der Waals surface area contributed by atoms with E-state index >= 15 is 0 Å². The standard InChI is InChI=1S/C16H10Cl3FN4/c17-16(18,19)14-12-3-1-2-4-13(12)15(24-22-14)23-21-9-10-5-7-11(20)8-6-10/h1-9H,(H,23,24)/b21-9+. The predicted octanol–water partition coefficient (Wildman–Crippen LogP) is 5.04. The number of anilines is 1. The van der Waals surface area contributed by atoms with Crippen molar-refractivity contribution in [1.29, 1.82) is 0 Å². The summed E-state index contributed by atoms with van der Waals surface area (Å²) in [5.74, 6) is 0.112. The van der Waals surface area contributed by atoms with Crippen LogP contribution in [-0.2, 0) is 3.79 Å². The van der Waals surface area contributed by atoms with Gasteiger partial charge < -0.3 is 0 Å². The van der Waals surface area contributed by atoms with Gasteiger partial charge in [-0.3, -0.25) is 5.43 Å². The van der Waals surface area contributed by atoms with E-state index < -0.39 is 3.79 Å². The van der Waals surface area contributed by atoms with Crippen molar-refractivity contribution in [3.8, 4) is 0 Å². The normalized spacial score (nSPS) is 12.0. The third-order valence-electron chi connectivity index (χ3n) is 3.21. The molecule has 0 bridgehead atoms. The molecule has 0 spiro atoms. The smallest absolute Gasteiger partial charge is 0.234 e. The van der Waals surface area contributed by atoms with Gasteiger partial charge in [-0.15, -0.1) is 10.2 Å². The summed E-state index contributed by atoms with van der Waals surface area (Å²) in [7, 11) is 0. The van der Waals surface area contributed by atoms with Crippen molar-refractivity contribution in [2.75, 3.05) is 5.43 Å². The van der Waals surface area contributed by atoms with Crippen LogP contribution >= 0.6 is 34.8 Å². The van der Waals surface area contributed by atoms with Crippen LogP contribution in [0.4, 0.5) is 10.2 Å². The second-order valence-electron chi connectivity index (χ2n) is 4.86. The molecule has 0 atom stereocenters. The molecule has 8 heteroatoms. The molecule has 0 aliphatic rings. The number of rotatable bonds is 3. The first kappa shape index (κ1) is 16.9. The molecule has 0 amide bonds. The van der Waals surface area contributed by atoms with Crippen LogP contribution in [0.5, 0.6) is 0 Å². The first-order valence-corrected chi connectivity index (χ1v) is 7.96. The van der Waals surface area contributed by atoms with E-state index in [1.165, 1.54) is 12.1 Å². The number of nitrogens with zero attached hydrogens (tertiary/aromatic N) is 3. The van der Waals surface area contributed by atoms with Gasteiger partial charge in [0, 0.05) is 10.8 Å². The minimum Gasteiger partial charge on any atom is -0.259 e. The monoisotopic (exact) mass is 382 g/mol. The van der Waals surface area contributed by atoms with E-state index in [0.29, 0.717) is 16.6 Å². The molecule has 1 heterocycles. The van der Waals surface area contributed by atoms with Crippen molar-refractivity contribution in [2.45, 2.75) is 3.79 Å². The highest BCUT2D eigenvalue weighted by atomic mass is 35.6. The van der Waals surface area contributed by atoms with Gasteiger partial charge in [-0.1, -0.05) is 71.2 Å². The zero-order chi connectivity index (χ0) is 17.2. The largest absolute Gasteiger partial charge is 0.259 e. The predicted molar refractivity (Wildman–Crippen MR) is 96.4 cm³/mol. The Labute approximate surface area is 152 Å². The van der Waals surface area contributed by atoms with Gasteiger partial charge in [0.1, 0.15) is 11.5 Å². The first-order valence-electron chi connectivity index (χ1n) is 6.82. The van der Waals surface area contributed by atoms with Crippen LogP contribution in [0, 0.1) is 5.82 Å². The van der Waals surface area contributed by atoms with Crippen LogP contribution in [-0.4, -0.2) is 16.4 Å². The second-order valence-corrected chi connectivity index (χ2v) is 7.14. The second kappa shape index (κ2) is 6.89. The summed E-state index contributed by atoms with van der Waals surface area (Å²) in [4.78, 5) is 0. The number of alkyl halides is 3. The van der Waals surface area contributed by atoms with Crippen LogP contribution in [0.3, 0.4) is 0 Å². The Bertz CT molecular complexity index is 892. The number of benzene rings is 2. The van der Waals surface area contributed by atoms with Crippen LogP contribution in [0.2, 0.25) is 0 Å². The van der Waals surface area contributed by atoms with Gasteiger partial charge in [0.2, 0.25) is 3.79 Å². The maximum absolute atomic E-state index is 12.9. The Morgan fingerprint density at radius 3 is 2.29 bits per heavy atom. The maximum Gasteiger partial charge on any atom is 0.234 e. The highest BCUT2D eigenvalue weighted by Crippen LogP contribution is 2.40. The number of hydrogen-bond acceptors (Lipinski definition) is 4. The molecule has 24 heavy (non-hydrogen) atoms. The minimum absolute atomic E-state index is 0.246. The molecule has 2 aromatic carbocycles. The molecule has 0 aliphatic heterocycles. The number of hydrazone groups is 1. The molecule has 3 rings (SSSR count). The van der Waals surface area contributed by atoms with E-state index in [4.69, 9.17) is 34.8 Å². The lowest BCUT2D eigenvalue weighted by Crippen LogP contribution is -2.08. The average molecular weight is 384 g/mol. The van der Waals surface area contributed by atoms with Crippen molar-refractivity contribution >= 4 is 57.6 Å². The third kappa shape index (κ3) is 3.75. The molecule has 1 aromatic heterocycles. The van der Waals surface area contributed by atoms with Gasteiger partial charge >= 0.3 is 0 Å². The highest BCUT2D eigenvalue weighted by Gasteiger charge is 2.28. The van der Waals surface area contributed by atoms with Gasteiger partial charge in [-0.2, -0.15) is 5.10 Å². The summed E-state index contributed by atoms with van der Waals surface area (Å²) in [6, 6.07) is 13.2. The minimum atomic E-state index is -1.68. The van der Waals surface area contributed by atoms with Crippen molar-refractivity contribution in [3.05, 3.63) is 65.6 Å². The van der Waals surface area contributed by atoms with E-state index in [1.807, 2.05) is 18.2 Å². The quantitative estimate of drug-likeness (QED) is 0.391. The molecule has 0 saturated carbocycles. The highest BCUT2D eigenvalue weighted by molar-refractivity contribution is 6.67. The van der Waals surface area contributed by atoms with Crippen molar-refractivity contribution in [1.82, 2.24) is 10.2 Å². The first-order chi connectivity index (χ1) is 11.4. The van der Waals surface area contributed by atoms with Crippen molar-refractivity contribution < 1.29 is 4.39 Å². The van der Waals surface area contributed by atoms with Crippen LogP contribution in [0.25, 0.3) is 10.8 Å². The van der Waals surface area contributed by atoms with E-state index in [1.54, 1.807) is 24.4 Å². The molecule has 0 fully saturated rings. The summed E-state index contributed by atoms with van der Waals surface area (Å²) in [6.45, 7) is 0. The Balaban J connectivity index is 1.92. The average Bonchev–Trinajstić information content (AvgIpc) is 2.55. The summed E-state index contributed by atoms with van der Waals surface area (Å²) >= 11 is 17.8. The summed E-state index contributed by atoms with van der Waals surface area (Å²) in [5, 5.41) is 13.5. The fourth-order valence-electron chi connectivity index (χ4n) is 2.11. The molecule has 122 valence electrons. The van der Waals surface area contributed by atoms with Crippen LogP contribution in [0.15, 0.2) is 53.6 Å². The van der Waals surface area contributed by atoms with Crippen molar-refractivity contribution in [3.63, 3.8) is 0 Å². The number of fused-ring (bicyclic) bond motifs is 1.